The predicted molar refractivity (Wildman–Crippen MR) is 62.2 cm³/mol. The number of carbonyl (C=O) groups is 1. The first-order valence-electron chi connectivity index (χ1n) is 6.18. The summed E-state index contributed by atoms with van der Waals surface area (Å²) < 4.78 is 5.66. The largest absolute Gasteiger partial charge is 0.365 e. The first-order chi connectivity index (χ1) is 7.50. The second-order valence-corrected chi connectivity index (χ2v) is 5.49. The monoisotopic (exact) mass is 226 g/mol. The molecule has 0 spiro atoms. The van der Waals surface area contributed by atoms with Gasteiger partial charge in [0, 0.05) is 25.2 Å². The molecule has 2 aliphatic heterocycles. The molecule has 16 heavy (non-hydrogen) atoms. The van der Waals surface area contributed by atoms with Crippen molar-refractivity contribution in [2.45, 2.75) is 51.4 Å². The Kier molecular flexibility index (Phi) is 3.22. The van der Waals surface area contributed by atoms with E-state index in [1.807, 2.05) is 11.8 Å². The molecule has 4 nitrogen and oxygen atoms in total. The Bertz CT molecular complexity index is 278. The van der Waals surface area contributed by atoms with Gasteiger partial charge >= 0.3 is 0 Å². The van der Waals surface area contributed by atoms with Gasteiger partial charge in [-0.2, -0.15) is 0 Å². The zero-order chi connectivity index (χ0) is 11.8. The molecule has 2 unspecified atom stereocenters. The summed E-state index contributed by atoms with van der Waals surface area (Å²) >= 11 is 0. The molecule has 92 valence electrons. The Morgan fingerprint density at radius 3 is 2.75 bits per heavy atom. The number of nitrogens with zero attached hydrogens (tertiary/aromatic N) is 1. The molecule has 1 amide bonds. The third-order valence-corrected chi connectivity index (χ3v) is 3.57. The van der Waals surface area contributed by atoms with E-state index in [0.717, 1.165) is 32.5 Å². The third-order valence-electron chi connectivity index (χ3n) is 3.57. The lowest BCUT2D eigenvalue weighted by molar-refractivity contribution is -0.149. The van der Waals surface area contributed by atoms with Crippen LogP contribution in [-0.4, -0.2) is 48.2 Å². The van der Waals surface area contributed by atoms with Gasteiger partial charge in [0.25, 0.3) is 5.91 Å². The molecule has 4 heteroatoms. The predicted octanol–water partition coefficient (Wildman–Crippen LogP) is 0.764. The first-order valence-corrected chi connectivity index (χ1v) is 6.18. The van der Waals surface area contributed by atoms with Crippen molar-refractivity contribution in [3.63, 3.8) is 0 Å². The van der Waals surface area contributed by atoms with Gasteiger partial charge in [-0.3, -0.25) is 4.79 Å². The van der Waals surface area contributed by atoms with Crippen LogP contribution >= 0.6 is 0 Å². The molecule has 2 aliphatic rings. The summed E-state index contributed by atoms with van der Waals surface area (Å²) in [5.74, 6) is 0.177. The molecule has 0 aliphatic carbocycles. The van der Waals surface area contributed by atoms with Crippen molar-refractivity contribution >= 4 is 5.91 Å². The van der Waals surface area contributed by atoms with Crippen molar-refractivity contribution in [2.24, 2.45) is 0 Å². The van der Waals surface area contributed by atoms with Crippen molar-refractivity contribution in [3.05, 3.63) is 0 Å². The second-order valence-electron chi connectivity index (χ2n) is 5.49. The van der Waals surface area contributed by atoms with Crippen LogP contribution in [-0.2, 0) is 9.53 Å². The van der Waals surface area contributed by atoms with Gasteiger partial charge in [0.15, 0.2) is 0 Å². The minimum absolute atomic E-state index is 0.0927. The van der Waals surface area contributed by atoms with E-state index < -0.39 is 0 Å². The Labute approximate surface area is 97.3 Å². The number of ether oxygens (including phenoxy) is 1. The molecular weight excluding hydrogens is 204 g/mol. The summed E-state index contributed by atoms with van der Waals surface area (Å²) in [7, 11) is 0. The van der Waals surface area contributed by atoms with E-state index in [0.29, 0.717) is 0 Å². The smallest absolute Gasteiger partial charge is 0.252 e. The van der Waals surface area contributed by atoms with E-state index in [9.17, 15) is 4.79 Å². The summed E-state index contributed by atoms with van der Waals surface area (Å²) in [4.78, 5) is 14.3. The maximum absolute atomic E-state index is 12.3. The van der Waals surface area contributed by atoms with Gasteiger partial charge in [0.2, 0.25) is 0 Å². The van der Waals surface area contributed by atoms with Crippen LogP contribution in [0.4, 0.5) is 0 Å². The van der Waals surface area contributed by atoms with Gasteiger partial charge in [-0.25, -0.2) is 0 Å². The first kappa shape index (κ1) is 11.9. The number of hydrogen-bond acceptors (Lipinski definition) is 3. The average Bonchev–Trinajstić information content (AvgIpc) is 2.63. The van der Waals surface area contributed by atoms with Crippen molar-refractivity contribution in [2.75, 3.05) is 19.6 Å². The number of piperazine rings is 1. The highest BCUT2D eigenvalue weighted by Crippen LogP contribution is 2.25. The lowest BCUT2D eigenvalue weighted by Gasteiger charge is -2.43. The fourth-order valence-electron chi connectivity index (χ4n) is 2.55. The molecule has 0 radical (unpaired) electrons. The van der Waals surface area contributed by atoms with E-state index in [2.05, 4.69) is 19.2 Å². The van der Waals surface area contributed by atoms with Crippen molar-refractivity contribution in [1.82, 2.24) is 10.2 Å². The van der Waals surface area contributed by atoms with Crippen LogP contribution in [0.3, 0.4) is 0 Å². The van der Waals surface area contributed by atoms with Crippen LogP contribution in [0, 0.1) is 0 Å². The molecule has 0 aromatic rings. The molecule has 2 rings (SSSR count). The van der Waals surface area contributed by atoms with Gasteiger partial charge < -0.3 is 15.0 Å². The molecule has 2 fully saturated rings. The Morgan fingerprint density at radius 1 is 1.44 bits per heavy atom. The van der Waals surface area contributed by atoms with Crippen LogP contribution in [0.25, 0.3) is 0 Å². The van der Waals surface area contributed by atoms with Gasteiger partial charge in [-0.15, -0.1) is 0 Å². The molecule has 0 aromatic carbocycles. The summed E-state index contributed by atoms with van der Waals surface area (Å²) in [5.41, 5.74) is -0.0927. The average molecular weight is 226 g/mol. The highest BCUT2D eigenvalue weighted by Gasteiger charge is 2.39. The normalized spacial score (nSPS) is 34.1. The van der Waals surface area contributed by atoms with Crippen molar-refractivity contribution in [3.8, 4) is 0 Å². The quantitative estimate of drug-likeness (QED) is 0.718. The summed E-state index contributed by atoms with van der Waals surface area (Å²) in [6.45, 7) is 8.79. The summed E-state index contributed by atoms with van der Waals surface area (Å²) in [5, 5.41) is 3.32. The molecule has 2 atom stereocenters. The zero-order valence-electron chi connectivity index (χ0n) is 10.5. The third kappa shape index (κ3) is 2.23. The highest BCUT2D eigenvalue weighted by atomic mass is 16.5. The standard InChI is InChI=1S/C12H22N2O2/c1-9-4-5-10(16-9)11(15)14-7-6-13-8-12(14,2)3/h9-10,13H,4-8H2,1-3H3. The van der Waals surface area contributed by atoms with Gasteiger partial charge in [-0.1, -0.05) is 0 Å². The van der Waals surface area contributed by atoms with Gasteiger partial charge in [0.1, 0.15) is 6.10 Å². The molecule has 0 aromatic heterocycles. The van der Waals surface area contributed by atoms with E-state index in [1.54, 1.807) is 0 Å². The van der Waals surface area contributed by atoms with Crippen molar-refractivity contribution < 1.29 is 9.53 Å². The molecular formula is C12H22N2O2. The molecule has 0 saturated carbocycles. The Morgan fingerprint density at radius 2 is 2.19 bits per heavy atom. The zero-order valence-corrected chi connectivity index (χ0v) is 10.5. The van der Waals surface area contributed by atoms with Crippen molar-refractivity contribution in [1.29, 1.82) is 0 Å². The number of nitrogens with one attached hydrogen (secondary N) is 1. The van der Waals surface area contributed by atoms with Gasteiger partial charge in [-0.05, 0) is 33.6 Å². The van der Waals surface area contributed by atoms with Crippen LogP contribution in [0.5, 0.6) is 0 Å². The lowest BCUT2D eigenvalue weighted by atomic mass is 9.99. The van der Waals surface area contributed by atoms with E-state index in [-0.39, 0.29) is 23.7 Å². The molecule has 0 bridgehead atoms. The van der Waals surface area contributed by atoms with Crippen LogP contribution in [0.2, 0.25) is 0 Å². The number of rotatable bonds is 1. The minimum Gasteiger partial charge on any atom is -0.365 e. The van der Waals surface area contributed by atoms with Crippen LogP contribution < -0.4 is 5.32 Å². The SMILES string of the molecule is CC1CCC(C(=O)N2CCNCC2(C)C)O1. The fraction of sp³-hybridized carbons (Fsp3) is 0.917. The summed E-state index contributed by atoms with van der Waals surface area (Å²) in [6, 6.07) is 0. The van der Waals surface area contributed by atoms with Gasteiger partial charge in [0.05, 0.1) is 6.10 Å². The maximum Gasteiger partial charge on any atom is 0.252 e. The number of hydrogen-bond donors (Lipinski definition) is 1. The minimum atomic E-state index is -0.202. The van der Waals surface area contributed by atoms with Crippen LogP contribution in [0.1, 0.15) is 33.6 Å². The summed E-state index contributed by atoms with van der Waals surface area (Å²) in [6.07, 6.45) is 1.91. The van der Waals surface area contributed by atoms with Crippen LogP contribution in [0.15, 0.2) is 0 Å². The van der Waals surface area contributed by atoms with E-state index >= 15 is 0 Å². The van der Waals surface area contributed by atoms with E-state index in [4.69, 9.17) is 4.74 Å². The molecule has 2 heterocycles. The topological polar surface area (TPSA) is 41.6 Å². The Hall–Kier alpha value is -0.610. The lowest BCUT2D eigenvalue weighted by Crippen LogP contribution is -2.61. The molecule has 2 saturated heterocycles. The fourth-order valence-corrected chi connectivity index (χ4v) is 2.55. The molecule has 1 N–H and O–H groups in total. The number of amides is 1. The number of carbonyl (C=O) groups excluding carboxylic acids is 1. The highest BCUT2D eigenvalue weighted by molar-refractivity contribution is 5.82. The maximum atomic E-state index is 12.3. The second kappa shape index (κ2) is 4.34. The van der Waals surface area contributed by atoms with E-state index in [1.165, 1.54) is 0 Å². The Balaban J connectivity index is 2.03.